The molecule has 17 heavy (non-hydrogen) atoms. The van der Waals surface area contributed by atoms with Crippen LogP contribution in [0.4, 0.5) is 0 Å². The summed E-state index contributed by atoms with van der Waals surface area (Å²) in [5.41, 5.74) is 0.355. The highest BCUT2D eigenvalue weighted by molar-refractivity contribution is 9.10. The van der Waals surface area contributed by atoms with Crippen LogP contribution in [-0.4, -0.2) is 41.6 Å². The highest BCUT2D eigenvalue weighted by Crippen LogP contribution is 2.24. The van der Waals surface area contributed by atoms with Crippen molar-refractivity contribution in [1.82, 2.24) is 10.2 Å². The summed E-state index contributed by atoms with van der Waals surface area (Å²) in [6, 6.07) is 5.05. The average molecular weight is 299 g/mol. The minimum atomic E-state index is -0.113. The maximum absolute atomic E-state index is 12.3. The molecule has 92 valence electrons. The molecule has 1 heterocycles. The summed E-state index contributed by atoms with van der Waals surface area (Å²) in [6.07, 6.45) is 0. The molecule has 0 unspecified atom stereocenters. The molecule has 0 spiro atoms. The first-order chi connectivity index (χ1) is 8.09. The quantitative estimate of drug-likeness (QED) is 0.828. The molecule has 1 aromatic carbocycles. The lowest BCUT2D eigenvalue weighted by Gasteiger charge is -2.34. The Morgan fingerprint density at radius 1 is 1.59 bits per heavy atom. The number of phenolic OH excluding ortho intramolecular Hbond substituents is 1. The Bertz CT molecular complexity index is 437. The number of halogens is 1. The third-order valence-electron chi connectivity index (χ3n) is 2.95. The standard InChI is InChI=1S/C12H15BrN2O2/c1-8-7-14-4-5-15(8)12(17)10-6-9(13)2-3-11(10)16/h2-3,6,8,14,16H,4-5,7H2,1H3/t8-/m0/s1. The van der Waals surface area contributed by atoms with Crippen LogP contribution in [0.25, 0.3) is 0 Å². The number of rotatable bonds is 1. The number of benzene rings is 1. The highest BCUT2D eigenvalue weighted by atomic mass is 79.9. The van der Waals surface area contributed by atoms with Crippen molar-refractivity contribution >= 4 is 21.8 Å². The molecule has 0 aliphatic carbocycles. The summed E-state index contributed by atoms with van der Waals surface area (Å²) in [7, 11) is 0. The summed E-state index contributed by atoms with van der Waals surface area (Å²) in [4.78, 5) is 14.1. The van der Waals surface area contributed by atoms with Crippen LogP contribution >= 0.6 is 15.9 Å². The van der Waals surface area contributed by atoms with Crippen LogP contribution in [0.1, 0.15) is 17.3 Å². The molecule has 1 saturated heterocycles. The number of amides is 1. The van der Waals surface area contributed by atoms with Gasteiger partial charge in [0.15, 0.2) is 0 Å². The van der Waals surface area contributed by atoms with E-state index >= 15 is 0 Å². The van der Waals surface area contributed by atoms with Crippen LogP contribution in [0.2, 0.25) is 0 Å². The number of carbonyl (C=O) groups is 1. The van der Waals surface area contributed by atoms with Gasteiger partial charge in [-0.1, -0.05) is 15.9 Å². The van der Waals surface area contributed by atoms with Crippen molar-refractivity contribution in [1.29, 1.82) is 0 Å². The van der Waals surface area contributed by atoms with E-state index in [1.165, 1.54) is 6.07 Å². The second kappa shape index (κ2) is 5.06. The molecule has 2 N–H and O–H groups in total. The van der Waals surface area contributed by atoms with Crippen molar-refractivity contribution in [2.24, 2.45) is 0 Å². The molecule has 0 saturated carbocycles. The average Bonchev–Trinajstić information content (AvgIpc) is 2.32. The van der Waals surface area contributed by atoms with Crippen LogP contribution < -0.4 is 5.32 Å². The van der Waals surface area contributed by atoms with E-state index in [0.29, 0.717) is 12.1 Å². The van der Waals surface area contributed by atoms with Gasteiger partial charge < -0.3 is 15.3 Å². The molecule has 1 atom stereocenters. The lowest BCUT2D eigenvalue weighted by molar-refractivity contribution is 0.0652. The third kappa shape index (κ3) is 2.61. The zero-order chi connectivity index (χ0) is 12.4. The van der Waals surface area contributed by atoms with Gasteiger partial charge in [0.05, 0.1) is 5.56 Å². The molecule has 0 aromatic heterocycles. The largest absolute Gasteiger partial charge is 0.507 e. The molecule has 1 amide bonds. The van der Waals surface area contributed by atoms with E-state index in [1.54, 1.807) is 17.0 Å². The van der Waals surface area contributed by atoms with Gasteiger partial charge in [-0.3, -0.25) is 4.79 Å². The fourth-order valence-electron chi connectivity index (χ4n) is 1.98. The normalized spacial score (nSPS) is 20.4. The van der Waals surface area contributed by atoms with Gasteiger partial charge in [-0.05, 0) is 25.1 Å². The van der Waals surface area contributed by atoms with Crippen LogP contribution in [-0.2, 0) is 0 Å². The molecule has 4 nitrogen and oxygen atoms in total. The summed E-state index contributed by atoms with van der Waals surface area (Å²) in [5.74, 6) is -0.0817. The van der Waals surface area contributed by atoms with E-state index < -0.39 is 0 Å². The van der Waals surface area contributed by atoms with Crippen molar-refractivity contribution in [3.8, 4) is 5.75 Å². The van der Waals surface area contributed by atoms with Gasteiger partial charge in [-0.15, -0.1) is 0 Å². The van der Waals surface area contributed by atoms with Gasteiger partial charge in [0.25, 0.3) is 5.91 Å². The Kier molecular flexibility index (Phi) is 3.69. The van der Waals surface area contributed by atoms with Gasteiger partial charge >= 0.3 is 0 Å². The van der Waals surface area contributed by atoms with E-state index in [-0.39, 0.29) is 17.7 Å². The molecule has 0 bridgehead atoms. The fraction of sp³-hybridized carbons (Fsp3) is 0.417. The Morgan fingerprint density at radius 3 is 3.06 bits per heavy atom. The van der Waals surface area contributed by atoms with E-state index in [2.05, 4.69) is 21.2 Å². The van der Waals surface area contributed by atoms with Crippen molar-refractivity contribution in [3.63, 3.8) is 0 Å². The number of hydrogen-bond donors (Lipinski definition) is 2. The van der Waals surface area contributed by atoms with Crippen molar-refractivity contribution in [2.45, 2.75) is 13.0 Å². The molecular formula is C12H15BrN2O2. The number of phenols is 1. The van der Waals surface area contributed by atoms with Gasteiger partial charge in [0, 0.05) is 30.1 Å². The molecule has 0 radical (unpaired) electrons. The minimum Gasteiger partial charge on any atom is -0.507 e. The smallest absolute Gasteiger partial charge is 0.257 e. The van der Waals surface area contributed by atoms with Gasteiger partial charge in [0.1, 0.15) is 5.75 Å². The lowest BCUT2D eigenvalue weighted by Crippen LogP contribution is -2.52. The van der Waals surface area contributed by atoms with Crippen molar-refractivity contribution in [2.75, 3.05) is 19.6 Å². The summed E-state index contributed by atoms with van der Waals surface area (Å²) < 4.78 is 0.793. The number of nitrogens with one attached hydrogen (secondary N) is 1. The minimum absolute atomic E-state index is 0.0314. The fourth-order valence-corrected chi connectivity index (χ4v) is 2.34. The highest BCUT2D eigenvalue weighted by Gasteiger charge is 2.25. The van der Waals surface area contributed by atoms with E-state index in [4.69, 9.17) is 0 Å². The predicted octanol–water partition coefficient (Wildman–Crippen LogP) is 1.59. The zero-order valence-corrected chi connectivity index (χ0v) is 11.2. The maximum atomic E-state index is 12.3. The van der Waals surface area contributed by atoms with E-state index in [0.717, 1.165) is 17.6 Å². The Balaban J connectivity index is 2.26. The van der Waals surface area contributed by atoms with Crippen molar-refractivity contribution < 1.29 is 9.90 Å². The molecule has 1 aromatic rings. The van der Waals surface area contributed by atoms with Crippen LogP contribution in [0.5, 0.6) is 5.75 Å². The van der Waals surface area contributed by atoms with Crippen LogP contribution in [0.15, 0.2) is 22.7 Å². The molecule has 1 aliphatic rings. The molecule has 2 rings (SSSR count). The first-order valence-electron chi connectivity index (χ1n) is 5.60. The molecule has 1 fully saturated rings. The predicted molar refractivity (Wildman–Crippen MR) is 69.2 cm³/mol. The van der Waals surface area contributed by atoms with E-state index in [9.17, 15) is 9.90 Å². The Labute approximate surface area is 109 Å². The summed E-state index contributed by atoms with van der Waals surface area (Å²) in [5, 5.41) is 13.0. The molecular weight excluding hydrogens is 284 g/mol. The van der Waals surface area contributed by atoms with Gasteiger partial charge in [-0.2, -0.15) is 0 Å². The Morgan fingerprint density at radius 2 is 2.35 bits per heavy atom. The monoisotopic (exact) mass is 298 g/mol. The maximum Gasteiger partial charge on any atom is 0.257 e. The first-order valence-corrected chi connectivity index (χ1v) is 6.39. The van der Waals surface area contributed by atoms with Crippen LogP contribution in [0.3, 0.4) is 0 Å². The number of aromatic hydroxyl groups is 1. The summed E-state index contributed by atoms with van der Waals surface area (Å²) >= 11 is 3.31. The second-order valence-corrected chi connectivity index (χ2v) is 5.13. The lowest BCUT2D eigenvalue weighted by atomic mass is 10.1. The SMILES string of the molecule is C[C@H]1CNCCN1C(=O)c1cc(Br)ccc1O. The van der Waals surface area contributed by atoms with Crippen molar-refractivity contribution in [3.05, 3.63) is 28.2 Å². The summed E-state index contributed by atoms with van der Waals surface area (Å²) in [6.45, 7) is 4.26. The topological polar surface area (TPSA) is 52.6 Å². The molecule has 1 aliphatic heterocycles. The number of hydrogen-bond acceptors (Lipinski definition) is 3. The van der Waals surface area contributed by atoms with Gasteiger partial charge in [0.2, 0.25) is 0 Å². The van der Waals surface area contributed by atoms with Gasteiger partial charge in [-0.25, -0.2) is 0 Å². The van der Waals surface area contributed by atoms with Crippen LogP contribution in [0, 0.1) is 0 Å². The number of carbonyl (C=O) groups excluding carboxylic acids is 1. The zero-order valence-electron chi connectivity index (χ0n) is 9.61. The Hall–Kier alpha value is -1.07. The van der Waals surface area contributed by atoms with E-state index in [1.807, 2.05) is 6.92 Å². The number of piperazine rings is 1. The second-order valence-electron chi connectivity index (χ2n) is 4.21. The number of nitrogens with zero attached hydrogens (tertiary/aromatic N) is 1. The first kappa shape index (κ1) is 12.4. The third-order valence-corrected chi connectivity index (χ3v) is 3.44. The molecule has 5 heteroatoms.